The fourth-order valence-electron chi connectivity index (χ4n) is 1.99. The van der Waals surface area contributed by atoms with Gasteiger partial charge in [0.25, 0.3) is 0 Å². The lowest BCUT2D eigenvalue weighted by molar-refractivity contribution is 0.432. The number of halogens is 1. The molecule has 0 saturated carbocycles. The summed E-state index contributed by atoms with van der Waals surface area (Å²) in [5.41, 5.74) is 4.23. The van der Waals surface area contributed by atoms with Crippen molar-refractivity contribution in [3.05, 3.63) is 58.9 Å². The van der Waals surface area contributed by atoms with Gasteiger partial charge in [0.05, 0.1) is 0 Å². The highest BCUT2D eigenvalue weighted by Crippen LogP contribution is 2.20. The van der Waals surface area contributed by atoms with Crippen LogP contribution in [0, 0.1) is 19.7 Å². The van der Waals surface area contributed by atoms with Crippen molar-refractivity contribution in [2.24, 2.45) is 0 Å². The van der Waals surface area contributed by atoms with Gasteiger partial charge in [0.1, 0.15) is 0 Å². The number of phenols is 1. The lowest BCUT2D eigenvalue weighted by atomic mass is 10.1. The monoisotopic (exact) mass is 245 g/mol. The SMILES string of the molecule is Cc1cc(C)cc(CNc2ccc(O)c(F)c2)c1. The second kappa shape index (κ2) is 5.08. The predicted octanol–water partition coefficient (Wildman–Crippen LogP) is 3.76. The standard InChI is InChI=1S/C15H16FNO/c1-10-5-11(2)7-12(6-10)9-17-13-3-4-15(18)14(16)8-13/h3-8,17-18H,9H2,1-2H3. The number of aryl methyl sites for hydroxylation is 2. The Balaban J connectivity index is 2.08. The Labute approximate surface area is 106 Å². The third-order valence-electron chi connectivity index (χ3n) is 2.73. The van der Waals surface area contributed by atoms with Gasteiger partial charge in [-0.25, -0.2) is 4.39 Å². The van der Waals surface area contributed by atoms with Crippen LogP contribution in [-0.2, 0) is 6.54 Å². The van der Waals surface area contributed by atoms with Gasteiger partial charge in [-0.1, -0.05) is 29.3 Å². The van der Waals surface area contributed by atoms with E-state index in [0.717, 1.165) is 5.56 Å². The summed E-state index contributed by atoms with van der Waals surface area (Å²) in [5, 5.41) is 12.2. The van der Waals surface area contributed by atoms with Gasteiger partial charge in [0.2, 0.25) is 0 Å². The zero-order valence-electron chi connectivity index (χ0n) is 10.5. The molecule has 2 aromatic rings. The average Bonchev–Trinajstić information content (AvgIpc) is 2.29. The molecule has 0 aliphatic carbocycles. The number of phenolic OH excluding ortho intramolecular Hbond substituents is 1. The number of anilines is 1. The van der Waals surface area contributed by atoms with Crippen LogP contribution in [-0.4, -0.2) is 5.11 Å². The Morgan fingerprint density at radius 3 is 2.33 bits per heavy atom. The minimum absolute atomic E-state index is 0.327. The van der Waals surface area contributed by atoms with Gasteiger partial charge in [-0.05, 0) is 31.5 Å². The van der Waals surface area contributed by atoms with Crippen LogP contribution >= 0.6 is 0 Å². The Bertz CT molecular complexity index is 546. The molecule has 0 fully saturated rings. The molecule has 0 unspecified atom stereocenters. The van der Waals surface area contributed by atoms with Gasteiger partial charge in [0, 0.05) is 18.3 Å². The van der Waals surface area contributed by atoms with E-state index in [2.05, 4.69) is 37.4 Å². The summed E-state index contributed by atoms with van der Waals surface area (Å²) in [5.74, 6) is -0.938. The van der Waals surface area contributed by atoms with Gasteiger partial charge < -0.3 is 10.4 Å². The number of hydrogen-bond donors (Lipinski definition) is 2. The van der Waals surface area contributed by atoms with Crippen LogP contribution in [0.1, 0.15) is 16.7 Å². The Morgan fingerprint density at radius 2 is 1.72 bits per heavy atom. The highest BCUT2D eigenvalue weighted by atomic mass is 19.1. The largest absolute Gasteiger partial charge is 0.505 e. The highest BCUT2D eigenvalue weighted by Gasteiger charge is 2.01. The summed E-state index contributed by atoms with van der Waals surface area (Å²) in [7, 11) is 0. The molecule has 0 radical (unpaired) electrons. The zero-order valence-corrected chi connectivity index (χ0v) is 10.5. The quantitative estimate of drug-likeness (QED) is 0.807. The molecular formula is C15H16FNO. The van der Waals surface area contributed by atoms with Crippen LogP contribution in [0.4, 0.5) is 10.1 Å². The number of benzene rings is 2. The second-order valence-corrected chi connectivity index (χ2v) is 4.52. The van der Waals surface area contributed by atoms with Crippen LogP contribution < -0.4 is 5.32 Å². The maximum absolute atomic E-state index is 13.1. The molecule has 0 bridgehead atoms. The minimum Gasteiger partial charge on any atom is -0.505 e. The van der Waals surface area contributed by atoms with E-state index in [1.54, 1.807) is 6.07 Å². The van der Waals surface area contributed by atoms with Gasteiger partial charge in [-0.3, -0.25) is 0 Å². The Morgan fingerprint density at radius 1 is 1.06 bits per heavy atom. The zero-order chi connectivity index (χ0) is 13.1. The predicted molar refractivity (Wildman–Crippen MR) is 71.3 cm³/mol. The highest BCUT2D eigenvalue weighted by molar-refractivity contribution is 5.47. The van der Waals surface area contributed by atoms with Crippen molar-refractivity contribution in [3.8, 4) is 5.75 Å². The summed E-state index contributed by atoms with van der Waals surface area (Å²) >= 11 is 0. The first-order valence-electron chi connectivity index (χ1n) is 5.84. The first kappa shape index (κ1) is 12.4. The molecule has 0 aromatic heterocycles. The molecule has 18 heavy (non-hydrogen) atoms. The maximum atomic E-state index is 13.1. The van der Waals surface area contributed by atoms with E-state index in [1.165, 1.54) is 23.3 Å². The fourth-order valence-corrected chi connectivity index (χ4v) is 1.99. The third kappa shape index (κ3) is 3.00. The molecule has 0 saturated heterocycles. The molecule has 0 heterocycles. The number of nitrogens with one attached hydrogen (secondary N) is 1. The van der Waals surface area contributed by atoms with E-state index in [-0.39, 0.29) is 5.75 Å². The summed E-state index contributed by atoms with van der Waals surface area (Å²) in [6.07, 6.45) is 0. The number of hydrogen-bond acceptors (Lipinski definition) is 2. The number of aromatic hydroxyl groups is 1. The van der Waals surface area contributed by atoms with Gasteiger partial charge >= 0.3 is 0 Å². The fraction of sp³-hybridized carbons (Fsp3) is 0.200. The van der Waals surface area contributed by atoms with Crippen LogP contribution in [0.25, 0.3) is 0 Å². The smallest absolute Gasteiger partial charge is 0.166 e. The molecule has 2 rings (SSSR count). The molecule has 94 valence electrons. The molecule has 0 aliphatic rings. The topological polar surface area (TPSA) is 32.3 Å². The van der Waals surface area contributed by atoms with Crippen molar-refractivity contribution >= 4 is 5.69 Å². The lowest BCUT2D eigenvalue weighted by Crippen LogP contribution is -2.00. The van der Waals surface area contributed by atoms with Crippen LogP contribution in [0.5, 0.6) is 5.75 Å². The van der Waals surface area contributed by atoms with E-state index >= 15 is 0 Å². The van der Waals surface area contributed by atoms with Gasteiger partial charge in [-0.2, -0.15) is 0 Å². The summed E-state index contributed by atoms with van der Waals surface area (Å²) in [6.45, 7) is 4.74. The van der Waals surface area contributed by atoms with Gasteiger partial charge in [-0.15, -0.1) is 0 Å². The van der Waals surface area contributed by atoms with E-state index in [4.69, 9.17) is 5.11 Å². The molecule has 0 atom stereocenters. The van der Waals surface area contributed by atoms with Crippen LogP contribution in [0.15, 0.2) is 36.4 Å². The first-order valence-corrected chi connectivity index (χ1v) is 5.84. The molecule has 0 spiro atoms. The molecule has 2 aromatic carbocycles. The number of rotatable bonds is 3. The van der Waals surface area contributed by atoms with Crippen molar-refractivity contribution in [2.45, 2.75) is 20.4 Å². The van der Waals surface area contributed by atoms with E-state index in [9.17, 15) is 4.39 Å². The molecule has 0 aliphatic heterocycles. The van der Waals surface area contributed by atoms with E-state index in [1.807, 2.05) is 0 Å². The van der Waals surface area contributed by atoms with E-state index < -0.39 is 5.82 Å². The van der Waals surface area contributed by atoms with Crippen molar-refractivity contribution in [1.29, 1.82) is 0 Å². The maximum Gasteiger partial charge on any atom is 0.166 e. The van der Waals surface area contributed by atoms with Crippen LogP contribution in [0.3, 0.4) is 0 Å². The molecule has 2 nitrogen and oxygen atoms in total. The molecular weight excluding hydrogens is 229 g/mol. The third-order valence-corrected chi connectivity index (χ3v) is 2.73. The van der Waals surface area contributed by atoms with Crippen molar-refractivity contribution < 1.29 is 9.50 Å². The van der Waals surface area contributed by atoms with Crippen molar-refractivity contribution in [3.63, 3.8) is 0 Å². The normalized spacial score (nSPS) is 10.4. The van der Waals surface area contributed by atoms with Crippen LogP contribution in [0.2, 0.25) is 0 Å². The summed E-state index contributed by atoms with van der Waals surface area (Å²) in [4.78, 5) is 0. The average molecular weight is 245 g/mol. The molecule has 0 amide bonds. The minimum atomic E-state index is -0.611. The first-order chi connectivity index (χ1) is 8.54. The molecule has 2 N–H and O–H groups in total. The van der Waals surface area contributed by atoms with Crippen molar-refractivity contribution in [2.75, 3.05) is 5.32 Å². The molecule has 3 heteroatoms. The van der Waals surface area contributed by atoms with E-state index in [0.29, 0.717) is 12.2 Å². The van der Waals surface area contributed by atoms with Gasteiger partial charge in [0.15, 0.2) is 11.6 Å². The Kier molecular flexibility index (Phi) is 3.51. The second-order valence-electron chi connectivity index (χ2n) is 4.52. The summed E-state index contributed by atoms with van der Waals surface area (Å²) in [6, 6.07) is 10.6. The summed E-state index contributed by atoms with van der Waals surface area (Å²) < 4.78 is 13.1. The lowest BCUT2D eigenvalue weighted by Gasteiger charge is -2.09. The van der Waals surface area contributed by atoms with Crippen molar-refractivity contribution in [1.82, 2.24) is 0 Å². The Hall–Kier alpha value is -2.03.